The van der Waals surface area contributed by atoms with Crippen LogP contribution in [0.5, 0.6) is 5.75 Å². The van der Waals surface area contributed by atoms with Crippen molar-refractivity contribution < 1.29 is 4.74 Å². The van der Waals surface area contributed by atoms with Gasteiger partial charge in [-0.15, -0.1) is 0 Å². The van der Waals surface area contributed by atoms with E-state index in [2.05, 4.69) is 0 Å². The molecule has 1 aliphatic rings. The Morgan fingerprint density at radius 1 is 1.20 bits per heavy atom. The lowest BCUT2D eigenvalue weighted by Gasteiger charge is -2.23. The van der Waals surface area contributed by atoms with Gasteiger partial charge in [0, 0.05) is 5.02 Å². The standard InChI is InChI=1S/C12H16ClNO/c13-9-6-7-12(11(14)8-9)15-10-4-2-1-3-5-10/h6-8,10H,1-5,14H2. The molecule has 0 bridgehead atoms. The zero-order chi connectivity index (χ0) is 10.7. The zero-order valence-electron chi connectivity index (χ0n) is 8.71. The molecular formula is C12H16ClNO. The maximum atomic E-state index is 5.86. The minimum absolute atomic E-state index is 0.335. The SMILES string of the molecule is Nc1cc(Cl)ccc1OC1CCCCC1. The van der Waals surface area contributed by atoms with Crippen LogP contribution in [0, 0.1) is 0 Å². The van der Waals surface area contributed by atoms with Gasteiger partial charge in [0.2, 0.25) is 0 Å². The highest BCUT2D eigenvalue weighted by molar-refractivity contribution is 6.30. The normalized spacial score (nSPS) is 17.7. The summed E-state index contributed by atoms with van der Waals surface area (Å²) < 4.78 is 5.86. The van der Waals surface area contributed by atoms with E-state index in [0.717, 1.165) is 18.6 Å². The molecule has 1 saturated carbocycles. The second-order valence-corrected chi connectivity index (χ2v) is 4.50. The third-order valence-corrected chi connectivity index (χ3v) is 3.05. The van der Waals surface area contributed by atoms with E-state index in [9.17, 15) is 0 Å². The Morgan fingerprint density at radius 3 is 2.60 bits per heavy atom. The number of hydrogen-bond donors (Lipinski definition) is 1. The summed E-state index contributed by atoms with van der Waals surface area (Å²) >= 11 is 5.82. The Kier molecular flexibility index (Phi) is 3.37. The van der Waals surface area contributed by atoms with Gasteiger partial charge in [-0.05, 0) is 43.9 Å². The first-order valence-electron chi connectivity index (χ1n) is 5.47. The van der Waals surface area contributed by atoms with Crippen molar-refractivity contribution in [3.8, 4) is 5.75 Å². The molecule has 0 unspecified atom stereocenters. The molecule has 0 saturated heterocycles. The van der Waals surface area contributed by atoms with Crippen molar-refractivity contribution in [2.45, 2.75) is 38.2 Å². The van der Waals surface area contributed by atoms with Gasteiger partial charge in [-0.1, -0.05) is 18.0 Å². The molecule has 0 aliphatic heterocycles. The topological polar surface area (TPSA) is 35.2 Å². The predicted molar refractivity (Wildman–Crippen MR) is 63.4 cm³/mol. The Bertz CT molecular complexity index is 334. The fourth-order valence-electron chi connectivity index (χ4n) is 1.99. The number of halogens is 1. The summed E-state index contributed by atoms with van der Waals surface area (Å²) in [6.45, 7) is 0. The van der Waals surface area contributed by atoms with Crippen LogP contribution < -0.4 is 10.5 Å². The Labute approximate surface area is 95.4 Å². The fraction of sp³-hybridized carbons (Fsp3) is 0.500. The van der Waals surface area contributed by atoms with Crippen molar-refractivity contribution in [1.29, 1.82) is 0 Å². The van der Waals surface area contributed by atoms with Crippen molar-refractivity contribution in [2.75, 3.05) is 5.73 Å². The van der Waals surface area contributed by atoms with Gasteiger partial charge in [-0.25, -0.2) is 0 Å². The summed E-state index contributed by atoms with van der Waals surface area (Å²) in [5.74, 6) is 0.770. The predicted octanol–water partition coefficient (Wildman–Crippen LogP) is 3.63. The van der Waals surface area contributed by atoms with Gasteiger partial charge in [-0.3, -0.25) is 0 Å². The molecule has 0 radical (unpaired) electrons. The van der Waals surface area contributed by atoms with Crippen molar-refractivity contribution >= 4 is 17.3 Å². The summed E-state index contributed by atoms with van der Waals surface area (Å²) in [4.78, 5) is 0. The van der Waals surface area contributed by atoms with Crippen LogP contribution in [0.15, 0.2) is 18.2 Å². The van der Waals surface area contributed by atoms with Gasteiger partial charge in [0.1, 0.15) is 5.75 Å². The highest BCUT2D eigenvalue weighted by Crippen LogP contribution is 2.29. The van der Waals surface area contributed by atoms with E-state index in [1.807, 2.05) is 12.1 Å². The average Bonchev–Trinajstić information content (AvgIpc) is 2.24. The smallest absolute Gasteiger partial charge is 0.142 e. The molecule has 1 aromatic rings. The molecule has 0 atom stereocenters. The summed E-state index contributed by atoms with van der Waals surface area (Å²) in [5.41, 5.74) is 6.46. The van der Waals surface area contributed by atoms with Gasteiger partial charge in [0.25, 0.3) is 0 Å². The molecule has 82 valence electrons. The van der Waals surface area contributed by atoms with E-state index in [1.165, 1.54) is 19.3 Å². The molecule has 1 aromatic carbocycles. The molecule has 2 nitrogen and oxygen atoms in total. The number of ether oxygens (including phenoxy) is 1. The molecule has 15 heavy (non-hydrogen) atoms. The third-order valence-electron chi connectivity index (χ3n) is 2.82. The Hall–Kier alpha value is -0.890. The number of nitrogens with two attached hydrogens (primary N) is 1. The molecular weight excluding hydrogens is 210 g/mol. The van der Waals surface area contributed by atoms with Crippen molar-refractivity contribution in [1.82, 2.24) is 0 Å². The summed E-state index contributed by atoms with van der Waals surface area (Å²) in [6.07, 6.45) is 6.47. The van der Waals surface area contributed by atoms with E-state index in [-0.39, 0.29) is 0 Å². The zero-order valence-corrected chi connectivity index (χ0v) is 9.46. The van der Waals surface area contributed by atoms with Gasteiger partial charge in [0.15, 0.2) is 0 Å². The van der Waals surface area contributed by atoms with Crippen LogP contribution in [0.4, 0.5) is 5.69 Å². The minimum atomic E-state index is 0.335. The van der Waals surface area contributed by atoms with Crippen molar-refractivity contribution in [3.05, 3.63) is 23.2 Å². The van der Waals surface area contributed by atoms with E-state index in [0.29, 0.717) is 16.8 Å². The first kappa shape index (κ1) is 10.6. The first-order valence-corrected chi connectivity index (χ1v) is 5.85. The Balaban J connectivity index is 2.03. The number of hydrogen-bond acceptors (Lipinski definition) is 2. The molecule has 2 rings (SSSR count). The lowest BCUT2D eigenvalue weighted by molar-refractivity contribution is 0.156. The van der Waals surface area contributed by atoms with Crippen LogP contribution >= 0.6 is 11.6 Å². The maximum absolute atomic E-state index is 5.86. The molecule has 3 heteroatoms. The summed E-state index contributed by atoms with van der Waals surface area (Å²) in [5, 5.41) is 0.656. The number of rotatable bonds is 2. The quantitative estimate of drug-likeness (QED) is 0.780. The van der Waals surface area contributed by atoms with E-state index < -0.39 is 0 Å². The highest BCUT2D eigenvalue weighted by Gasteiger charge is 2.15. The molecule has 0 aromatic heterocycles. The minimum Gasteiger partial charge on any atom is -0.488 e. The number of nitrogen functional groups attached to an aromatic ring is 1. The lowest BCUT2D eigenvalue weighted by Crippen LogP contribution is -2.20. The lowest BCUT2D eigenvalue weighted by atomic mass is 9.98. The summed E-state index contributed by atoms with van der Waals surface area (Å²) in [7, 11) is 0. The third kappa shape index (κ3) is 2.78. The van der Waals surface area contributed by atoms with Crippen molar-refractivity contribution in [3.63, 3.8) is 0 Å². The molecule has 0 spiro atoms. The van der Waals surface area contributed by atoms with Crippen LogP contribution in [0.25, 0.3) is 0 Å². The van der Waals surface area contributed by atoms with Gasteiger partial charge in [-0.2, -0.15) is 0 Å². The number of benzene rings is 1. The molecule has 0 amide bonds. The first-order chi connectivity index (χ1) is 7.25. The Morgan fingerprint density at radius 2 is 1.93 bits per heavy atom. The van der Waals surface area contributed by atoms with E-state index in [1.54, 1.807) is 6.07 Å². The van der Waals surface area contributed by atoms with Crippen LogP contribution in [0.2, 0.25) is 5.02 Å². The second kappa shape index (κ2) is 4.75. The van der Waals surface area contributed by atoms with Crippen LogP contribution in [-0.4, -0.2) is 6.10 Å². The summed E-state index contributed by atoms with van der Waals surface area (Å²) in [6, 6.07) is 5.40. The molecule has 2 N–H and O–H groups in total. The average molecular weight is 226 g/mol. The second-order valence-electron chi connectivity index (χ2n) is 4.06. The van der Waals surface area contributed by atoms with Crippen molar-refractivity contribution in [2.24, 2.45) is 0 Å². The maximum Gasteiger partial charge on any atom is 0.142 e. The van der Waals surface area contributed by atoms with Gasteiger partial charge < -0.3 is 10.5 Å². The van der Waals surface area contributed by atoms with Gasteiger partial charge >= 0.3 is 0 Å². The van der Waals surface area contributed by atoms with E-state index in [4.69, 9.17) is 22.1 Å². The van der Waals surface area contributed by atoms with Crippen LogP contribution in [0.3, 0.4) is 0 Å². The highest BCUT2D eigenvalue weighted by atomic mass is 35.5. The molecule has 1 aliphatic carbocycles. The fourth-order valence-corrected chi connectivity index (χ4v) is 2.17. The monoisotopic (exact) mass is 225 g/mol. The van der Waals surface area contributed by atoms with Crippen LogP contribution in [-0.2, 0) is 0 Å². The van der Waals surface area contributed by atoms with Crippen LogP contribution in [0.1, 0.15) is 32.1 Å². The number of anilines is 1. The van der Waals surface area contributed by atoms with Gasteiger partial charge in [0.05, 0.1) is 11.8 Å². The van der Waals surface area contributed by atoms with E-state index >= 15 is 0 Å². The molecule has 0 heterocycles. The largest absolute Gasteiger partial charge is 0.488 e. The molecule has 1 fully saturated rings.